The number of hydrogen-bond donors (Lipinski definition) is 0. The lowest BCUT2D eigenvalue weighted by molar-refractivity contribution is 0.356. The van der Waals surface area contributed by atoms with Gasteiger partial charge in [-0.3, -0.25) is 0 Å². The number of allylic oxidation sites excluding steroid dienone is 10. The van der Waals surface area contributed by atoms with Crippen LogP contribution in [0.2, 0.25) is 0 Å². The van der Waals surface area contributed by atoms with E-state index in [9.17, 15) is 0 Å². The van der Waals surface area contributed by atoms with Gasteiger partial charge in [-0.05, 0) is 199 Å². The average Bonchev–Trinajstić information content (AvgIpc) is 4.19. The molecule has 4 atom stereocenters. The normalized spacial score (nSPS) is 20.5. The summed E-state index contributed by atoms with van der Waals surface area (Å²) >= 11 is 0. The lowest BCUT2D eigenvalue weighted by Crippen LogP contribution is -2.34. The smallest absolute Gasteiger partial charge is 0.0239 e. The Morgan fingerprint density at radius 1 is 0.529 bits per heavy atom. The molecule has 0 bridgehead atoms. The number of hydrogen-bond acceptors (Lipinski definition) is 0. The highest BCUT2D eigenvalue weighted by Crippen LogP contribution is 2.62. The van der Waals surface area contributed by atoms with Gasteiger partial charge >= 0.3 is 0 Å². The molecular weight excluding hydrogens is 817 g/mol. The van der Waals surface area contributed by atoms with Gasteiger partial charge in [0.1, 0.15) is 0 Å². The molecular formula is C68H82. The van der Waals surface area contributed by atoms with E-state index in [4.69, 9.17) is 0 Å². The van der Waals surface area contributed by atoms with Crippen LogP contribution in [-0.2, 0) is 37.5 Å². The van der Waals surface area contributed by atoms with Gasteiger partial charge in [-0.1, -0.05) is 211 Å². The van der Waals surface area contributed by atoms with E-state index in [1.54, 1.807) is 39.0 Å². The molecule has 0 heterocycles. The van der Waals surface area contributed by atoms with Gasteiger partial charge in [-0.2, -0.15) is 0 Å². The number of rotatable bonds is 10. The van der Waals surface area contributed by atoms with E-state index in [0.29, 0.717) is 5.41 Å². The molecule has 1 saturated carbocycles. The highest BCUT2D eigenvalue weighted by molar-refractivity contribution is 5.74. The predicted octanol–water partition coefficient (Wildman–Crippen LogP) is 18.4. The maximum Gasteiger partial charge on any atom is 0.0239 e. The molecule has 0 heteroatoms. The van der Waals surface area contributed by atoms with Crippen LogP contribution in [0.15, 0.2) is 156 Å². The molecule has 0 saturated heterocycles. The molecule has 11 rings (SSSR count). The van der Waals surface area contributed by atoms with Crippen LogP contribution in [0.3, 0.4) is 0 Å². The quantitative estimate of drug-likeness (QED) is 0.131. The van der Waals surface area contributed by atoms with Crippen molar-refractivity contribution < 1.29 is 0 Å². The van der Waals surface area contributed by atoms with Gasteiger partial charge < -0.3 is 0 Å². The molecule has 5 aromatic rings. The first-order chi connectivity index (χ1) is 32.9. The molecule has 6 aliphatic carbocycles. The van der Waals surface area contributed by atoms with Crippen LogP contribution in [0, 0.1) is 43.4 Å². The Kier molecular flexibility index (Phi) is 16.0. The van der Waals surface area contributed by atoms with Crippen LogP contribution < -0.4 is 0 Å². The first-order valence-electron chi connectivity index (χ1n) is 26.7. The third-order valence-electron chi connectivity index (χ3n) is 16.6. The first-order valence-corrected chi connectivity index (χ1v) is 26.7. The zero-order valence-electron chi connectivity index (χ0n) is 43.7. The van der Waals surface area contributed by atoms with Gasteiger partial charge in [0.2, 0.25) is 0 Å². The van der Waals surface area contributed by atoms with Crippen molar-refractivity contribution in [3.8, 4) is 0 Å². The molecule has 6 aliphatic rings. The Labute approximate surface area is 413 Å². The summed E-state index contributed by atoms with van der Waals surface area (Å²) in [5.41, 5.74) is 26.4. The lowest BCUT2D eigenvalue weighted by atomic mass is 9.64. The minimum Gasteiger partial charge on any atom is -0.0763 e. The van der Waals surface area contributed by atoms with E-state index in [2.05, 4.69) is 209 Å². The zero-order valence-corrected chi connectivity index (χ0v) is 43.7. The highest BCUT2D eigenvalue weighted by atomic mass is 14.6. The van der Waals surface area contributed by atoms with Crippen molar-refractivity contribution in [2.75, 3.05) is 0 Å². The minimum absolute atomic E-state index is 0.362. The summed E-state index contributed by atoms with van der Waals surface area (Å²) in [7, 11) is 0. The lowest BCUT2D eigenvalue weighted by Gasteiger charge is -2.39. The van der Waals surface area contributed by atoms with E-state index < -0.39 is 0 Å². The summed E-state index contributed by atoms with van der Waals surface area (Å²) in [6.07, 6.45) is 24.5. The van der Waals surface area contributed by atoms with E-state index in [0.717, 1.165) is 48.9 Å². The van der Waals surface area contributed by atoms with Crippen molar-refractivity contribution in [1.29, 1.82) is 0 Å². The fraction of sp³-hybridized carbons (Fsp3) is 0.412. The van der Waals surface area contributed by atoms with Crippen molar-refractivity contribution in [3.05, 3.63) is 217 Å². The summed E-state index contributed by atoms with van der Waals surface area (Å²) < 4.78 is 0. The molecule has 1 unspecified atom stereocenters. The minimum atomic E-state index is 0.362. The van der Waals surface area contributed by atoms with Crippen molar-refractivity contribution in [2.45, 2.75) is 152 Å². The fourth-order valence-electron chi connectivity index (χ4n) is 12.6. The van der Waals surface area contributed by atoms with Crippen LogP contribution >= 0.6 is 0 Å². The molecule has 0 aliphatic heterocycles. The molecule has 0 radical (unpaired) electrons. The van der Waals surface area contributed by atoms with Gasteiger partial charge in [0.05, 0.1) is 0 Å². The van der Waals surface area contributed by atoms with Gasteiger partial charge in [0.25, 0.3) is 0 Å². The van der Waals surface area contributed by atoms with Crippen LogP contribution in [0.25, 0.3) is 16.7 Å². The van der Waals surface area contributed by atoms with E-state index in [-0.39, 0.29) is 0 Å². The molecule has 1 fully saturated rings. The van der Waals surface area contributed by atoms with Gasteiger partial charge in [-0.15, -0.1) is 0 Å². The molecule has 354 valence electrons. The molecule has 0 aromatic heterocycles. The van der Waals surface area contributed by atoms with Crippen molar-refractivity contribution in [2.24, 2.45) is 29.6 Å². The van der Waals surface area contributed by atoms with Crippen LogP contribution in [-0.4, -0.2) is 0 Å². The van der Waals surface area contributed by atoms with Gasteiger partial charge in [0.15, 0.2) is 0 Å². The predicted molar refractivity (Wildman–Crippen MR) is 296 cm³/mol. The summed E-state index contributed by atoms with van der Waals surface area (Å²) in [5.74, 6) is 3.87. The summed E-state index contributed by atoms with van der Waals surface area (Å²) in [6, 6.07) is 42.6. The van der Waals surface area contributed by atoms with Crippen LogP contribution in [0.1, 0.15) is 162 Å². The average molecular weight is 899 g/mol. The Morgan fingerprint density at radius 2 is 1.03 bits per heavy atom. The molecule has 0 nitrogen and oxygen atoms in total. The van der Waals surface area contributed by atoms with E-state index in [1.165, 1.54) is 113 Å². The van der Waals surface area contributed by atoms with Crippen molar-refractivity contribution in [3.63, 3.8) is 0 Å². The molecule has 0 N–H and O–H groups in total. The van der Waals surface area contributed by atoms with Gasteiger partial charge in [0, 0.05) is 5.41 Å². The van der Waals surface area contributed by atoms with E-state index in [1.807, 2.05) is 0 Å². The molecule has 1 spiro atoms. The highest BCUT2D eigenvalue weighted by Gasteiger charge is 2.55. The Balaban J connectivity index is 0.000000126. The SMILES string of the molecule is CC(C)CC1=CCc2ccccc21.CC(C)CC1=CCc2ccccc21.CC[C@H](CC1=CCc2ccccc21)Cc1ccc(C)c(C)c1.CC[C@H]1CC2=CC(C)=C(C)C3Cc4ccccc4[C@]23C1. The number of aryl methyl sites for hydroxylation is 2. The summed E-state index contributed by atoms with van der Waals surface area (Å²) in [4.78, 5) is 0. The monoisotopic (exact) mass is 899 g/mol. The number of benzene rings is 5. The Morgan fingerprint density at radius 3 is 1.53 bits per heavy atom. The van der Waals surface area contributed by atoms with E-state index >= 15 is 0 Å². The molecule has 0 amide bonds. The van der Waals surface area contributed by atoms with Gasteiger partial charge in [-0.25, -0.2) is 0 Å². The molecule has 68 heavy (non-hydrogen) atoms. The number of fused-ring (bicyclic) bond motifs is 4. The molecule has 5 aromatic carbocycles. The summed E-state index contributed by atoms with van der Waals surface area (Å²) in [6.45, 7) is 22.9. The first kappa shape index (κ1) is 49.2. The topological polar surface area (TPSA) is 0 Å². The second-order valence-electron chi connectivity index (χ2n) is 22.2. The fourth-order valence-corrected chi connectivity index (χ4v) is 12.6. The Hall–Kier alpha value is -5.20. The van der Waals surface area contributed by atoms with Crippen molar-refractivity contribution in [1.82, 2.24) is 0 Å². The maximum atomic E-state index is 2.53. The second-order valence-corrected chi connectivity index (χ2v) is 22.2. The van der Waals surface area contributed by atoms with Crippen LogP contribution in [0.4, 0.5) is 0 Å². The standard InChI is InChI=1S/C22H26.C20H24.2C13H16/c1-4-18(14-19-10-9-16(2)17(3)13-19)15-21-12-11-20-7-5-6-8-22(20)21;1-4-15-10-17-9-13(2)14(3)19-11-16-7-5-6-8-18(16)20(17,19)12-15;2*1-10(2)9-12-8-7-11-5-3-4-6-13(11)12/h5-10,12-13,18H,4,11,14-15H2,1-3H3;5-9,15,19H,4,10-12H2,1-3H3;2*3-6,8,10H,7,9H2,1-2H3/t18-;15-,19?,20-;;/m00../s1. The third-order valence-corrected chi connectivity index (χ3v) is 16.6. The summed E-state index contributed by atoms with van der Waals surface area (Å²) in [5, 5.41) is 0. The largest absolute Gasteiger partial charge is 0.0763 e. The Bertz CT molecular complexity index is 2650. The van der Waals surface area contributed by atoms with Crippen LogP contribution in [0.5, 0.6) is 0 Å². The van der Waals surface area contributed by atoms with Crippen molar-refractivity contribution >= 4 is 16.7 Å². The third kappa shape index (κ3) is 10.8. The zero-order chi connectivity index (χ0) is 48.0. The maximum absolute atomic E-state index is 2.53. The second kappa shape index (κ2) is 22.0.